The minimum absolute atomic E-state index is 0.419. The molecule has 1 fully saturated rings. The second-order valence-corrected chi connectivity index (χ2v) is 4.25. The molecule has 5 nitrogen and oxygen atoms in total. The van der Waals surface area contributed by atoms with E-state index in [1.807, 2.05) is 7.05 Å². The lowest BCUT2D eigenvalue weighted by atomic mass is 10.1. The van der Waals surface area contributed by atoms with Gasteiger partial charge in [-0.25, -0.2) is 9.97 Å². The highest BCUT2D eigenvalue weighted by atomic mass is 16.5. The Morgan fingerprint density at radius 3 is 3.06 bits per heavy atom. The van der Waals surface area contributed by atoms with Gasteiger partial charge in [0.05, 0.1) is 19.3 Å². The molecule has 0 amide bonds. The average Bonchev–Trinajstić information content (AvgIpc) is 2.39. The van der Waals surface area contributed by atoms with Crippen LogP contribution in [0, 0.1) is 6.92 Å². The Morgan fingerprint density at radius 1 is 1.53 bits per heavy atom. The number of nitrogens with one attached hydrogen (secondary N) is 1. The number of ether oxygens (including phenoxy) is 1. The molecule has 0 aliphatic carbocycles. The van der Waals surface area contributed by atoms with E-state index in [0.717, 1.165) is 43.4 Å². The lowest BCUT2D eigenvalue weighted by Gasteiger charge is -2.36. The molecule has 0 spiro atoms. The number of morpholine rings is 1. The Balaban J connectivity index is 2.31. The molecule has 0 radical (unpaired) electrons. The lowest BCUT2D eigenvalue weighted by molar-refractivity contribution is 0.0925. The first-order chi connectivity index (χ1) is 8.27. The highest BCUT2D eigenvalue weighted by Gasteiger charge is 2.24. The minimum atomic E-state index is 0.419. The maximum Gasteiger partial charge on any atom is 0.137 e. The zero-order chi connectivity index (χ0) is 12.3. The molecule has 2 rings (SSSR count). The summed E-state index contributed by atoms with van der Waals surface area (Å²) >= 11 is 0. The van der Waals surface area contributed by atoms with Gasteiger partial charge in [-0.2, -0.15) is 0 Å². The number of nitrogens with zero attached hydrogens (tertiary/aromatic N) is 3. The Labute approximate surface area is 102 Å². The van der Waals surface area contributed by atoms with Crippen molar-refractivity contribution >= 4 is 11.6 Å². The molecule has 1 aliphatic rings. The monoisotopic (exact) mass is 236 g/mol. The Bertz CT molecular complexity index is 383. The molecule has 1 unspecified atom stereocenters. The molecule has 94 valence electrons. The van der Waals surface area contributed by atoms with E-state index in [-0.39, 0.29) is 0 Å². The molecule has 2 heterocycles. The fraction of sp³-hybridized carbons (Fsp3) is 0.667. The second kappa shape index (κ2) is 5.31. The van der Waals surface area contributed by atoms with Gasteiger partial charge in [0.25, 0.3) is 0 Å². The van der Waals surface area contributed by atoms with Gasteiger partial charge < -0.3 is 15.0 Å². The van der Waals surface area contributed by atoms with Crippen LogP contribution in [0.1, 0.15) is 18.9 Å². The van der Waals surface area contributed by atoms with Crippen molar-refractivity contribution in [1.82, 2.24) is 9.97 Å². The summed E-state index contributed by atoms with van der Waals surface area (Å²) in [7, 11) is 1.88. The van der Waals surface area contributed by atoms with E-state index >= 15 is 0 Å². The van der Waals surface area contributed by atoms with Crippen LogP contribution in [0.4, 0.5) is 11.6 Å². The number of hydrogen-bond donors (Lipinski definition) is 1. The predicted octanol–water partition coefficient (Wildman–Crippen LogP) is 1.44. The molecule has 0 saturated carbocycles. The molecule has 1 aromatic heterocycles. The predicted molar refractivity (Wildman–Crippen MR) is 68.6 cm³/mol. The van der Waals surface area contributed by atoms with Gasteiger partial charge in [-0.1, -0.05) is 6.92 Å². The highest BCUT2D eigenvalue weighted by Crippen LogP contribution is 2.25. The third kappa shape index (κ3) is 2.34. The second-order valence-electron chi connectivity index (χ2n) is 4.25. The van der Waals surface area contributed by atoms with Crippen LogP contribution in [0.5, 0.6) is 0 Å². The van der Waals surface area contributed by atoms with Crippen LogP contribution in [0.2, 0.25) is 0 Å². The van der Waals surface area contributed by atoms with Crippen molar-refractivity contribution in [2.45, 2.75) is 26.3 Å². The molecule has 0 bridgehead atoms. The fourth-order valence-corrected chi connectivity index (χ4v) is 2.25. The first-order valence-electron chi connectivity index (χ1n) is 6.11. The van der Waals surface area contributed by atoms with Crippen molar-refractivity contribution in [3.8, 4) is 0 Å². The first-order valence-corrected chi connectivity index (χ1v) is 6.11. The fourth-order valence-electron chi connectivity index (χ4n) is 2.25. The van der Waals surface area contributed by atoms with E-state index in [9.17, 15) is 0 Å². The van der Waals surface area contributed by atoms with Gasteiger partial charge >= 0.3 is 0 Å². The first kappa shape index (κ1) is 12.1. The minimum Gasteiger partial charge on any atom is -0.377 e. The molecular weight excluding hydrogens is 216 g/mol. The largest absolute Gasteiger partial charge is 0.377 e. The topological polar surface area (TPSA) is 50.3 Å². The quantitative estimate of drug-likeness (QED) is 0.860. The van der Waals surface area contributed by atoms with Crippen molar-refractivity contribution in [3.63, 3.8) is 0 Å². The summed E-state index contributed by atoms with van der Waals surface area (Å²) in [5.74, 6) is 1.93. The van der Waals surface area contributed by atoms with Crippen molar-refractivity contribution in [3.05, 3.63) is 11.9 Å². The molecular formula is C12H20N4O. The number of aromatic nitrogens is 2. The van der Waals surface area contributed by atoms with E-state index in [1.54, 1.807) is 6.33 Å². The van der Waals surface area contributed by atoms with Crippen LogP contribution in [0.25, 0.3) is 0 Å². The van der Waals surface area contributed by atoms with Crippen LogP contribution >= 0.6 is 0 Å². The molecule has 1 aromatic rings. The van der Waals surface area contributed by atoms with Crippen LogP contribution in [0.3, 0.4) is 0 Å². The van der Waals surface area contributed by atoms with E-state index in [2.05, 4.69) is 34.0 Å². The molecule has 17 heavy (non-hydrogen) atoms. The van der Waals surface area contributed by atoms with Gasteiger partial charge in [-0.15, -0.1) is 0 Å². The molecule has 1 aliphatic heterocycles. The van der Waals surface area contributed by atoms with Crippen LogP contribution in [-0.2, 0) is 4.74 Å². The summed E-state index contributed by atoms with van der Waals surface area (Å²) in [5.41, 5.74) is 1.11. The summed E-state index contributed by atoms with van der Waals surface area (Å²) in [4.78, 5) is 11.0. The van der Waals surface area contributed by atoms with Gasteiger partial charge in [-0.05, 0) is 13.3 Å². The van der Waals surface area contributed by atoms with Gasteiger partial charge in [0.15, 0.2) is 0 Å². The highest BCUT2D eigenvalue weighted by molar-refractivity contribution is 5.58. The summed E-state index contributed by atoms with van der Waals surface area (Å²) in [6.07, 6.45) is 2.69. The maximum atomic E-state index is 5.52. The number of rotatable bonds is 3. The van der Waals surface area contributed by atoms with Crippen molar-refractivity contribution in [2.24, 2.45) is 0 Å². The van der Waals surface area contributed by atoms with Gasteiger partial charge in [0, 0.05) is 19.2 Å². The Hall–Kier alpha value is -1.36. The average molecular weight is 236 g/mol. The van der Waals surface area contributed by atoms with Gasteiger partial charge in [0.1, 0.15) is 18.0 Å². The zero-order valence-corrected chi connectivity index (χ0v) is 10.7. The molecule has 1 N–H and O–H groups in total. The van der Waals surface area contributed by atoms with Gasteiger partial charge in [0.2, 0.25) is 0 Å². The van der Waals surface area contributed by atoms with Crippen LogP contribution in [-0.4, -0.2) is 42.8 Å². The van der Waals surface area contributed by atoms with Crippen molar-refractivity contribution in [2.75, 3.05) is 37.0 Å². The summed E-state index contributed by atoms with van der Waals surface area (Å²) in [6.45, 7) is 6.70. The molecule has 1 saturated heterocycles. The Kier molecular flexibility index (Phi) is 3.78. The summed E-state index contributed by atoms with van der Waals surface area (Å²) in [5, 5.41) is 3.10. The molecule has 5 heteroatoms. The SMILES string of the molecule is CCC1COCCN1c1ncnc(NC)c1C. The van der Waals surface area contributed by atoms with E-state index < -0.39 is 0 Å². The molecule has 0 aromatic carbocycles. The zero-order valence-electron chi connectivity index (χ0n) is 10.7. The van der Waals surface area contributed by atoms with Crippen LogP contribution < -0.4 is 10.2 Å². The number of hydrogen-bond acceptors (Lipinski definition) is 5. The Morgan fingerprint density at radius 2 is 2.35 bits per heavy atom. The maximum absolute atomic E-state index is 5.52. The van der Waals surface area contributed by atoms with E-state index in [0.29, 0.717) is 6.04 Å². The third-order valence-electron chi connectivity index (χ3n) is 3.27. The summed E-state index contributed by atoms with van der Waals surface area (Å²) < 4.78 is 5.52. The summed E-state index contributed by atoms with van der Waals surface area (Å²) in [6, 6.07) is 0.419. The number of anilines is 2. The van der Waals surface area contributed by atoms with Crippen LogP contribution in [0.15, 0.2) is 6.33 Å². The third-order valence-corrected chi connectivity index (χ3v) is 3.27. The smallest absolute Gasteiger partial charge is 0.137 e. The van der Waals surface area contributed by atoms with E-state index in [1.165, 1.54) is 0 Å². The molecule has 1 atom stereocenters. The standard InChI is InChI=1S/C12H20N4O/c1-4-10-7-17-6-5-16(10)12-9(2)11(13-3)14-8-15-12/h8,10H,4-7H2,1-3H3,(H,13,14,15). The van der Waals surface area contributed by atoms with E-state index in [4.69, 9.17) is 4.74 Å². The van der Waals surface area contributed by atoms with Crippen molar-refractivity contribution < 1.29 is 4.74 Å². The normalized spacial score (nSPS) is 20.4. The van der Waals surface area contributed by atoms with Crippen molar-refractivity contribution in [1.29, 1.82) is 0 Å². The lowest BCUT2D eigenvalue weighted by Crippen LogP contribution is -2.46. The van der Waals surface area contributed by atoms with Gasteiger partial charge in [-0.3, -0.25) is 0 Å².